The van der Waals surface area contributed by atoms with E-state index in [4.69, 9.17) is 4.74 Å². The van der Waals surface area contributed by atoms with Crippen molar-refractivity contribution in [1.82, 2.24) is 15.1 Å². The molecule has 0 bridgehead atoms. The van der Waals surface area contributed by atoms with Crippen LogP contribution in [-0.2, 0) is 11.3 Å². The predicted octanol–water partition coefficient (Wildman–Crippen LogP) is 2.83. The lowest BCUT2D eigenvalue weighted by Crippen LogP contribution is -2.45. The Morgan fingerprint density at radius 3 is 2.81 bits per heavy atom. The molecule has 2 aliphatic rings. The second-order valence-electron chi connectivity index (χ2n) is 8.12. The Balaban J connectivity index is 1.33. The maximum atomic E-state index is 5.94. The van der Waals surface area contributed by atoms with Crippen LogP contribution in [0.3, 0.4) is 0 Å². The minimum Gasteiger partial charge on any atom is -0.376 e. The van der Waals surface area contributed by atoms with Crippen LogP contribution in [0.15, 0.2) is 35.3 Å². The minimum absolute atomic E-state index is 0.593. The minimum atomic E-state index is 0.593. The summed E-state index contributed by atoms with van der Waals surface area (Å²) in [6.45, 7) is 10.6. The summed E-state index contributed by atoms with van der Waals surface area (Å²) in [6, 6.07) is 10.4. The lowest BCUT2D eigenvalue weighted by Gasteiger charge is -2.31. The highest BCUT2D eigenvalue weighted by Gasteiger charge is 2.25. The van der Waals surface area contributed by atoms with Crippen LogP contribution in [0, 0.1) is 11.8 Å². The fourth-order valence-corrected chi connectivity index (χ4v) is 4.23. The SMILES string of the molecule is CN=C(NCCN1CCCC(C)C1)N1CCC(COCc2ccccc2)C1. The zero-order chi connectivity index (χ0) is 18.9. The summed E-state index contributed by atoms with van der Waals surface area (Å²) >= 11 is 0. The molecule has 0 amide bonds. The number of likely N-dealkylation sites (tertiary alicyclic amines) is 2. The zero-order valence-electron chi connectivity index (χ0n) is 17.1. The third-order valence-electron chi connectivity index (χ3n) is 5.71. The quantitative estimate of drug-likeness (QED) is 0.590. The van der Waals surface area contributed by atoms with Crippen molar-refractivity contribution in [3.05, 3.63) is 35.9 Å². The first-order chi connectivity index (χ1) is 13.2. The average molecular weight is 373 g/mol. The smallest absolute Gasteiger partial charge is 0.193 e. The van der Waals surface area contributed by atoms with E-state index in [1.807, 2.05) is 13.1 Å². The highest BCUT2D eigenvalue weighted by Crippen LogP contribution is 2.18. The number of nitrogens with one attached hydrogen (secondary N) is 1. The van der Waals surface area contributed by atoms with Gasteiger partial charge in [0.15, 0.2) is 5.96 Å². The first-order valence-corrected chi connectivity index (χ1v) is 10.5. The third kappa shape index (κ3) is 6.51. The Hall–Kier alpha value is -1.59. The van der Waals surface area contributed by atoms with Crippen LogP contribution in [-0.4, -0.2) is 68.7 Å². The van der Waals surface area contributed by atoms with Gasteiger partial charge in [-0.1, -0.05) is 37.3 Å². The molecule has 1 aromatic rings. The van der Waals surface area contributed by atoms with Crippen LogP contribution in [0.2, 0.25) is 0 Å². The second kappa shape index (κ2) is 10.7. The zero-order valence-corrected chi connectivity index (χ0v) is 17.1. The van der Waals surface area contributed by atoms with E-state index in [-0.39, 0.29) is 0 Å². The number of guanidine groups is 1. The summed E-state index contributed by atoms with van der Waals surface area (Å²) in [7, 11) is 1.89. The monoisotopic (exact) mass is 372 g/mol. The number of ether oxygens (including phenoxy) is 1. The maximum Gasteiger partial charge on any atom is 0.193 e. The number of nitrogens with zero attached hydrogens (tertiary/aromatic N) is 3. The summed E-state index contributed by atoms with van der Waals surface area (Å²) in [5.41, 5.74) is 1.25. The number of aliphatic imine (C=N–C) groups is 1. The van der Waals surface area contributed by atoms with Crippen LogP contribution in [0.5, 0.6) is 0 Å². The van der Waals surface area contributed by atoms with Gasteiger partial charge in [0.2, 0.25) is 0 Å². The molecule has 2 atom stereocenters. The standard InChI is InChI=1S/C22H36N4O/c1-19-7-6-12-25(15-19)14-11-24-22(23-2)26-13-10-21(16-26)18-27-17-20-8-4-3-5-9-20/h3-5,8-9,19,21H,6-7,10-18H2,1-2H3,(H,23,24). The highest BCUT2D eigenvalue weighted by molar-refractivity contribution is 5.80. The van der Waals surface area contributed by atoms with Crippen LogP contribution >= 0.6 is 0 Å². The topological polar surface area (TPSA) is 40.1 Å². The number of hydrogen-bond donors (Lipinski definition) is 1. The van der Waals surface area contributed by atoms with Gasteiger partial charge >= 0.3 is 0 Å². The van der Waals surface area contributed by atoms with Crippen molar-refractivity contribution < 1.29 is 4.74 Å². The van der Waals surface area contributed by atoms with Crippen LogP contribution in [0.4, 0.5) is 0 Å². The predicted molar refractivity (Wildman–Crippen MR) is 112 cm³/mol. The van der Waals surface area contributed by atoms with E-state index in [1.54, 1.807) is 0 Å². The Bertz CT molecular complexity index is 577. The normalized spacial score (nSPS) is 24.4. The molecule has 0 saturated carbocycles. The number of rotatable bonds is 7. The number of hydrogen-bond acceptors (Lipinski definition) is 3. The molecule has 27 heavy (non-hydrogen) atoms. The van der Waals surface area contributed by atoms with E-state index in [0.717, 1.165) is 44.7 Å². The van der Waals surface area contributed by atoms with Crippen molar-refractivity contribution in [3.63, 3.8) is 0 Å². The Morgan fingerprint density at radius 2 is 2.04 bits per heavy atom. The summed E-state index contributed by atoms with van der Waals surface area (Å²) < 4.78 is 5.94. The molecule has 150 valence electrons. The van der Waals surface area contributed by atoms with Crippen LogP contribution in [0.1, 0.15) is 31.7 Å². The van der Waals surface area contributed by atoms with Gasteiger partial charge in [-0.05, 0) is 37.3 Å². The molecule has 2 aliphatic heterocycles. The molecule has 5 nitrogen and oxygen atoms in total. The fraction of sp³-hybridized carbons (Fsp3) is 0.682. The molecular formula is C22H36N4O. The van der Waals surface area contributed by atoms with Gasteiger partial charge in [0.05, 0.1) is 13.2 Å². The van der Waals surface area contributed by atoms with Gasteiger partial charge in [0.25, 0.3) is 0 Å². The largest absolute Gasteiger partial charge is 0.376 e. The molecule has 0 aliphatic carbocycles. The van der Waals surface area contributed by atoms with E-state index in [2.05, 4.69) is 51.3 Å². The molecule has 5 heteroatoms. The van der Waals surface area contributed by atoms with Gasteiger partial charge in [0.1, 0.15) is 0 Å². The molecule has 0 aromatic heterocycles. The molecule has 2 fully saturated rings. The van der Waals surface area contributed by atoms with Crippen molar-refractivity contribution >= 4 is 5.96 Å². The van der Waals surface area contributed by atoms with Gasteiger partial charge in [-0.25, -0.2) is 0 Å². The maximum absolute atomic E-state index is 5.94. The lowest BCUT2D eigenvalue weighted by molar-refractivity contribution is 0.0906. The van der Waals surface area contributed by atoms with E-state index < -0.39 is 0 Å². The first-order valence-electron chi connectivity index (χ1n) is 10.5. The Labute approximate surface area is 164 Å². The highest BCUT2D eigenvalue weighted by atomic mass is 16.5. The Morgan fingerprint density at radius 1 is 1.19 bits per heavy atom. The van der Waals surface area contributed by atoms with Gasteiger partial charge in [0, 0.05) is 45.7 Å². The van der Waals surface area contributed by atoms with Gasteiger partial charge in [-0.15, -0.1) is 0 Å². The van der Waals surface area contributed by atoms with Crippen molar-refractivity contribution in [2.75, 3.05) is 52.9 Å². The summed E-state index contributed by atoms with van der Waals surface area (Å²) in [4.78, 5) is 9.47. The molecule has 1 N–H and O–H groups in total. The molecule has 0 radical (unpaired) electrons. The van der Waals surface area contributed by atoms with E-state index in [0.29, 0.717) is 12.5 Å². The van der Waals surface area contributed by atoms with Crippen molar-refractivity contribution in [3.8, 4) is 0 Å². The fourth-order valence-electron chi connectivity index (χ4n) is 4.23. The average Bonchev–Trinajstić information content (AvgIpc) is 3.15. The number of benzene rings is 1. The van der Waals surface area contributed by atoms with Gasteiger partial charge in [-0.3, -0.25) is 4.99 Å². The van der Waals surface area contributed by atoms with Crippen molar-refractivity contribution in [2.45, 2.75) is 32.8 Å². The summed E-state index contributed by atoms with van der Waals surface area (Å²) in [6.07, 6.45) is 3.90. The lowest BCUT2D eigenvalue weighted by atomic mass is 10.0. The molecular weight excluding hydrogens is 336 g/mol. The molecule has 3 rings (SSSR count). The van der Waals surface area contributed by atoms with Crippen molar-refractivity contribution in [1.29, 1.82) is 0 Å². The van der Waals surface area contributed by atoms with E-state index >= 15 is 0 Å². The first kappa shape index (κ1) is 20.2. The third-order valence-corrected chi connectivity index (χ3v) is 5.71. The molecule has 2 unspecified atom stereocenters. The summed E-state index contributed by atoms with van der Waals surface area (Å²) in [5, 5.41) is 3.57. The molecule has 2 saturated heterocycles. The Kier molecular flexibility index (Phi) is 7.96. The van der Waals surface area contributed by atoms with Gasteiger partial charge < -0.3 is 19.9 Å². The van der Waals surface area contributed by atoms with Crippen LogP contribution in [0.25, 0.3) is 0 Å². The molecule has 1 aromatic carbocycles. The van der Waals surface area contributed by atoms with Crippen molar-refractivity contribution in [2.24, 2.45) is 16.8 Å². The van der Waals surface area contributed by atoms with Gasteiger partial charge in [-0.2, -0.15) is 0 Å². The summed E-state index contributed by atoms with van der Waals surface area (Å²) in [5.74, 6) is 2.48. The molecule has 2 heterocycles. The van der Waals surface area contributed by atoms with Crippen LogP contribution < -0.4 is 5.32 Å². The van der Waals surface area contributed by atoms with E-state index in [9.17, 15) is 0 Å². The van der Waals surface area contributed by atoms with E-state index in [1.165, 1.54) is 37.9 Å². The molecule has 0 spiro atoms. The number of piperidine rings is 1. The second-order valence-corrected chi connectivity index (χ2v) is 8.12.